The lowest BCUT2D eigenvalue weighted by atomic mass is 9.89. The Bertz CT molecular complexity index is 359. The summed E-state index contributed by atoms with van der Waals surface area (Å²) in [7, 11) is 0. The molecule has 0 aromatic heterocycles. The first kappa shape index (κ1) is 11.7. The van der Waals surface area contributed by atoms with Gasteiger partial charge in [0.1, 0.15) is 5.75 Å². The van der Waals surface area contributed by atoms with Crippen molar-refractivity contribution in [3.63, 3.8) is 0 Å². The number of hydrogen-bond acceptors (Lipinski definition) is 2. The predicted molar refractivity (Wildman–Crippen MR) is 67.2 cm³/mol. The highest BCUT2D eigenvalue weighted by Gasteiger charge is 2.22. The normalized spacial score (nSPS) is 18.9. The fourth-order valence-corrected chi connectivity index (χ4v) is 2.60. The number of halogens is 1. The van der Waals surface area contributed by atoms with Gasteiger partial charge >= 0.3 is 0 Å². The molecule has 1 saturated heterocycles. The van der Waals surface area contributed by atoms with Crippen molar-refractivity contribution in [1.29, 1.82) is 0 Å². The second-order valence-corrected chi connectivity index (χ2v) is 4.79. The molecule has 2 nitrogen and oxygen atoms in total. The quantitative estimate of drug-likeness (QED) is 0.857. The predicted octanol–water partition coefficient (Wildman–Crippen LogP) is 3.24. The molecule has 3 heteroatoms. The van der Waals surface area contributed by atoms with Gasteiger partial charge in [-0.15, -0.1) is 0 Å². The van der Waals surface area contributed by atoms with Gasteiger partial charge in [-0.3, -0.25) is 0 Å². The van der Waals surface area contributed by atoms with Crippen LogP contribution in [0.25, 0.3) is 0 Å². The number of piperidine rings is 1. The molecule has 0 atom stereocenters. The Morgan fingerprint density at radius 3 is 2.69 bits per heavy atom. The van der Waals surface area contributed by atoms with Crippen LogP contribution in [-0.2, 0) is 0 Å². The molecule has 1 N–H and O–H groups in total. The van der Waals surface area contributed by atoms with E-state index in [1.807, 2.05) is 12.1 Å². The molecule has 0 amide bonds. The summed E-state index contributed by atoms with van der Waals surface area (Å²) in [5.74, 6) is 0.737. The highest BCUT2D eigenvalue weighted by atomic mass is 35.5. The molecule has 0 radical (unpaired) electrons. The highest BCUT2D eigenvalue weighted by Crippen LogP contribution is 2.37. The summed E-state index contributed by atoms with van der Waals surface area (Å²) in [6.45, 7) is 5.55. The Kier molecular flexibility index (Phi) is 3.72. The van der Waals surface area contributed by atoms with Gasteiger partial charge < -0.3 is 10.0 Å². The van der Waals surface area contributed by atoms with Crippen LogP contribution in [0, 0.1) is 0 Å². The zero-order chi connectivity index (χ0) is 11.5. The third-order valence-electron chi connectivity index (χ3n) is 3.49. The number of nitrogens with zero attached hydrogens (tertiary/aromatic N) is 1. The summed E-state index contributed by atoms with van der Waals surface area (Å²) in [6, 6.07) is 5.65. The molecule has 16 heavy (non-hydrogen) atoms. The van der Waals surface area contributed by atoms with Crippen LogP contribution >= 0.6 is 11.6 Å². The third kappa shape index (κ3) is 2.33. The average Bonchev–Trinajstić information content (AvgIpc) is 2.33. The average molecular weight is 240 g/mol. The molecule has 1 aliphatic rings. The minimum Gasteiger partial charge on any atom is -0.506 e. The molecule has 2 rings (SSSR count). The van der Waals surface area contributed by atoms with Crippen molar-refractivity contribution in [3.05, 3.63) is 28.8 Å². The van der Waals surface area contributed by atoms with Crippen molar-refractivity contribution in [1.82, 2.24) is 4.90 Å². The monoisotopic (exact) mass is 239 g/mol. The number of phenolic OH excluding ortho intramolecular Hbond substituents is 1. The number of rotatable bonds is 2. The maximum absolute atomic E-state index is 9.93. The van der Waals surface area contributed by atoms with Gasteiger partial charge in [0.05, 0.1) is 5.02 Å². The van der Waals surface area contributed by atoms with E-state index < -0.39 is 0 Å². The number of aromatic hydroxyl groups is 1. The molecule has 1 aliphatic heterocycles. The lowest BCUT2D eigenvalue weighted by molar-refractivity contribution is 0.221. The van der Waals surface area contributed by atoms with E-state index in [9.17, 15) is 5.11 Å². The van der Waals surface area contributed by atoms with Crippen LogP contribution in [0.3, 0.4) is 0 Å². The second kappa shape index (κ2) is 5.07. The zero-order valence-corrected chi connectivity index (χ0v) is 10.4. The fraction of sp³-hybridized carbons (Fsp3) is 0.538. The standard InChI is InChI=1S/C13H18ClNO/c1-2-15-8-6-10(7-9-15)11-4-3-5-12(14)13(11)16/h3-5,10,16H,2,6-9H2,1H3. The van der Waals surface area contributed by atoms with E-state index in [1.165, 1.54) is 0 Å². The molecule has 0 unspecified atom stereocenters. The lowest BCUT2D eigenvalue weighted by Crippen LogP contribution is -2.32. The molecule has 0 saturated carbocycles. The molecule has 0 spiro atoms. The SMILES string of the molecule is CCN1CCC(c2cccc(Cl)c2O)CC1. The van der Waals surface area contributed by atoms with Crippen molar-refractivity contribution in [2.45, 2.75) is 25.7 Å². The van der Waals surface area contributed by atoms with Crippen LogP contribution in [0.15, 0.2) is 18.2 Å². The van der Waals surface area contributed by atoms with Gasteiger partial charge in [0.25, 0.3) is 0 Å². The third-order valence-corrected chi connectivity index (χ3v) is 3.80. The Morgan fingerprint density at radius 2 is 2.06 bits per heavy atom. The van der Waals surface area contributed by atoms with Crippen molar-refractivity contribution in [2.24, 2.45) is 0 Å². The largest absolute Gasteiger partial charge is 0.506 e. The summed E-state index contributed by atoms with van der Waals surface area (Å²) in [5, 5.41) is 10.4. The van der Waals surface area contributed by atoms with Gasteiger partial charge in [0.2, 0.25) is 0 Å². The van der Waals surface area contributed by atoms with E-state index in [1.54, 1.807) is 6.07 Å². The Labute approximate surface area is 102 Å². The van der Waals surface area contributed by atoms with E-state index >= 15 is 0 Å². The van der Waals surface area contributed by atoms with Crippen molar-refractivity contribution in [2.75, 3.05) is 19.6 Å². The Hall–Kier alpha value is -0.730. The van der Waals surface area contributed by atoms with Crippen molar-refractivity contribution >= 4 is 11.6 Å². The molecule has 1 aromatic rings. The van der Waals surface area contributed by atoms with Crippen LogP contribution in [0.5, 0.6) is 5.75 Å². The summed E-state index contributed by atoms with van der Waals surface area (Å²) in [5.41, 5.74) is 1.02. The van der Waals surface area contributed by atoms with Crippen molar-refractivity contribution in [3.8, 4) is 5.75 Å². The Morgan fingerprint density at radius 1 is 1.38 bits per heavy atom. The van der Waals surface area contributed by atoms with Gasteiger partial charge in [-0.1, -0.05) is 30.7 Å². The first-order valence-corrected chi connectivity index (χ1v) is 6.30. The summed E-state index contributed by atoms with van der Waals surface area (Å²) in [4.78, 5) is 2.44. The van der Waals surface area contributed by atoms with E-state index in [-0.39, 0.29) is 5.75 Å². The summed E-state index contributed by atoms with van der Waals surface area (Å²) < 4.78 is 0. The van der Waals surface area contributed by atoms with Crippen LogP contribution in [0.4, 0.5) is 0 Å². The van der Waals surface area contributed by atoms with Crippen LogP contribution < -0.4 is 0 Å². The summed E-state index contributed by atoms with van der Waals surface area (Å²) >= 11 is 5.93. The molecule has 0 aliphatic carbocycles. The minimum absolute atomic E-state index is 0.277. The maximum Gasteiger partial charge on any atom is 0.137 e. The minimum atomic E-state index is 0.277. The van der Waals surface area contributed by atoms with E-state index in [2.05, 4.69) is 11.8 Å². The molecular weight excluding hydrogens is 222 g/mol. The lowest BCUT2D eigenvalue weighted by Gasteiger charge is -2.31. The van der Waals surface area contributed by atoms with Crippen LogP contribution in [0.1, 0.15) is 31.2 Å². The van der Waals surface area contributed by atoms with E-state index in [0.29, 0.717) is 10.9 Å². The first-order chi connectivity index (χ1) is 7.72. The van der Waals surface area contributed by atoms with Crippen molar-refractivity contribution < 1.29 is 5.11 Å². The van der Waals surface area contributed by atoms with Gasteiger partial charge in [0, 0.05) is 0 Å². The van der Waals surface area contributed by atoms with Gasteiger partial charge in [-0.25, -0.2) is 0 Å². The highest BCUT2D eigenvalue weighted by molar-refractivity contribution is 6.32. The van der Waals surface area contributed by atoms with E-state index in [4.69, 9.17) is 11.6 Å². The molecule has 1 fully saturated rings. The van der Waals surface area contributed by atoms with Crippen LogP contribution in [-0.4, -0.2) is 29.6 Å². The molecule has 1 aromatic carbocycles. The zero-order valence-electron chi connectivity index (χ0n) is 9.62. The first-order valence-electron chi connectivity index (χ1n) is 5.92. The number of likely N-dealkylation sites (tertiary alicyclic amines) is 1. The van der Waals surface area contributed by atoms with E-state index in [0.717, 1.165) is 38.0 Å². The van der Waals surface area contributed by atoms with Gasteiger partial charge in [-0.2, -0.15) is 0 Å². The molecule has 0 bridgehead atoms. The molecule has 88 valence electrons. The summed E-state index contributed by atoms with van der Waals surface area (Å²) in [6.07, 6.45) is 2.23. The number of phenols is 1. The Balaban J connectivity index is 2.11. The maximum atomic E-state index is 9.93. The number of benzene rings is 1. The van der Waals surface area contributed by atoms with Crippen LogP contribution in [0.2, 0.25) is 5.02 Å². The second-order valence-electron chi connectivity index (χ2n) is 4.39. The molecule has 1 heterocycles. The van der Waals surface area contributed by atoms with Gasteiger partial charge in [-0.05, 0) is 50.0 Å². The number of hydrogen-bond donors (Lipinski definition) is 1. The smallest absolute Gasteiger partial charge is 0.137 e. The fourth-order valence-electron chi connectivity index (χ4n) is 2.42. The topological polar surface area (TPSA) is 23.5 Å². The van der Waals surface area contributed by atoms with Gasteiger partial charge in [0.15, 0.2) is 0 Å². The number of para-hydroxylation sites is 1. The molecular formula is C13H18ClNO.